The molecule has 2 N–H and O–H groups in total. The number of para-hydroxylation sites is 1. The second-order valence-corrected chi connectivity index (χ2v) is 13.8. The molecular formula is C35H41Cl2N3O8. The number of benzene rings is 2. The van der Waals surface area contributed by atoms with Crippen LogP contribution in [0.4, 0.5) is 5.69 Å². The van der Waals surface area contributed by atoms with Gasteiger partial charge in [0.2, 0.25) is 5.91 Å². The summed E-state index contributed by atoms with van der Waals surface area (Å²) in [7, 11) is 3.37. The molecule has 48 heavy (non-hydrogen) atoms. The summed E-state index contributed by atoms with van der Waals surface area (Å²) in [4.78, 5) is 42.6. The fourth-order valence-corrected chi connectivity index (χ4v) is 7.76. The smallest absolute Gasteiger partial charge is 0.306 e. The van der Waals surface area contributed by atoms with Gasteiger partial charge in [0.1, 0.15) is 11.8 Å². The van der Waals surface area contributed by atoms with Gasteiger partial charge < -0.3 is 34.0 Å². The molecule has 3 aromatic rings. The van der Waals surface area contributed by atoms with Gasteiger partial charge in [0, 0.05) is 50.3 Å². The van der Waals surface area contributed by atoms with Crippen LogP contribution in [0, 0.1) is 5.92 Å². The molecule has 1 saturated carbocycles. The topological polar surface area (TPSA) is 131 Å². The van der Waals surface area contributed by atoms with E-state index in [4.69, 9.17) is 41.8 Å². The van der Waals surface area contributed by atoms with Crippen molar-refractivity contribution in [2.75, 3.05) is 45.8 Å². The third-order valence-corrected chi connectivity index (χ3v) is 10.7. The van der Waals surface area contributed by atoms with Crippen molar-refractivity contribution in [3.05, 3.63) is 63.8 Å². The number of carboxylic acids is 1. The number of likely N-dealkylation sites (tertiary alicyclic amines) is 2. The van der Waals surface area contributed by atoms with Crippen LogP contribution in [-0.4, -0.2) is 104 Å². The molecule has 13 heteroatoms. The van der Waals surface area contributed by atoms with Crippen LogP contribution in [0.5, 0.6) is 0 Å². The summed E-state index contributed by atoms with van der Waals surface area (Å²) in [6.45, 7) is 2.29. The Kier molecular flexibility index (Phi) is 10.9. The first-order valence-corrected chi connectivity index (χ1v) is 17.1. The zero-order valence-corrected chi connectivity index (χ0v) is 28.5. The molecule has 2 aromatic carbocycles. The number of ether oxygens (including phenoxy) is 3. The molecule has 1 aliphatic carbocycles. The highest BCUT2D eigenvalue weighted by Gasteiger charge is 2.43. The molecule has 2 aliphatic heterocycles. The van der Waals surface area contributed by atoms with Crippen molar-refractivity contribution in [2.45, 2.75) is 68.9 Å². The average Bonchev–Trinajstić information content (AvgIpc) is 3.83. The number of halogens is 2. The molecule has 0 radical (unpaired) electrons. The highest BCUT2D eigenvalue weighted by Crippen LogP contribution is 2.34. The molecule has 2 amide bonds. The fraction of sp³-hybridized carbons (Fsp3) is 0.514. The normalized spacial score (nSPS) is 26.3. The number of aliphatic carboxylic acids is 1. The van der Waals surface area contributed by atoms with Gasteiger partial charge in [0.05, 0.1) is 59.6 Å². The third-order valence-electron chi connectivity index (χ3n) is 10.1. The van der Waals surface area contributed by atoms with E-state index in [9.17, 15) is 19.5 Å². The highest BCUT2D eigenvalue weighted by molar-refractivity contribution is 6.36. The monoisotopic (exact) mass is 701 g/mol. The van der Waals surface area contributed by atoms with E-state index in [0.29, 0.717) is 84.7 Å². The Hall–Kier alpha value is -3.19. The second kappa shape index (κ2) is 15.1. The zero-order valence-electron chi connectivity index (χ0n) is 27.0. The van der Waals surface area contributed by atoms with Gasteiger partial charge in [-0.25, -0.2) is 0 Å². The first-order valence-electron chi connectivity index (χ1n) is 16.3. The van der Waals surface area contributed by atoms with Crippen molar-refractivity contribution in [1.82, 2.24) is 9.80 Å². The van der Waals surface area contributed by atoms with Gasteiger partial charge in [0.15, 0.2) is 0 Å². The first-order chi connectivity index (χ1) is 23.1. The Morgan fingerprint density at radius 1 is 0.979 bits per heavy atom. The molecule has 0 spiro atoms. The molecule has 4 atom stereocenters. The first kappa shape index (κ1) is 34.7. The number of nitrogens with one attached hydrogen (secondary N) is 1. The number of carbonyl (C=O) groups is 3. The van der Waals surface area contributed by atoms with Gasteiger partial charge in [-0.15, -0.1) is 0 Å². The Bertz CT molecular complexity index is 1630. The van der Waals surface area contributed by atoms with Crippen molar-refractivity contribution in [3.8, 4) is 0 Å². The van der Waals surface area contributed by atoms with Gasteiger partial charge in [-0.3, -0.25) is 19.3 Å². The van der Waals surface area contributed by atoms with Gasteiger partial charge >= 0.3 is 5.97 Å². The molecule has 1 aromatic heterocycles. The van der Waals surface area contributed by atoms with Crippen LogP contribution >= 0.6 is 23.2 Å². The Morgan fingerprint density at radius 3 is 2.38 bits per heavy atom. The quantitative estimate of drug-likeness (QED) is 0.266. The molecule has 11 nitrogen and oxygen atoms in total. The minimum absolute atomic E-state index is 0.0213. The number of hydrogen-bond acceptors (Lipinski definition) is 8. The van der Waals surface area contributed by atoms with E-state index < -0.39 is 11.9 Å². The molecular weight excluding hydrogens is 661 g/mol. The molecule has 2 saturated heterocycles. The van der Waals surface area contributed by atoms with Crippen molar-refractivity contribution < 1.29 is 38.1 Å². The van der Waals surface area contributed by atoms with Gasteiger partial charge in [0.25, 0.3) is 5.91 Å². The summed E-state index contributed by atoms with van der Waals surface area (Å²) in [5.41, 5.74) is 1.84. The van der Waals surface area contributed by atoms with Crippen LogP contribution in [0.1, 0.15) is 48.0 Å². The number of furan rings is 1. The minimum atomic E-state index is -0.751. The van der Waals surface area contributed by atoms with Gasteiger partial charge in [-0.2, -0.15) is 0 Å². The summed E-state index contributed by atoms with van der Waals surface area (Å²) in [5.74, 6) is -1.57. The number of fused-ring (bicyclic) bond motifs is 1. The lowest BCUT2D eigenvalue weighted by molar-refractivity contribution is -0.144. The summed E-state index contributed by atoms with van der Waals surface area (Å²) >= 11 is 13.3. The standard InChI is InChI=1S/C35H41Cl2N3O8/c1-45-31-16-39(17-32(31)46-2)22-13-23(18-47-24-9-7-20(8-10-24)35(43)44)40(15-22)33(41)12-21-11-28(37)29(14-27(21)36)38-34(42)26-19-48-30-6-4-3-5-25(26)30/h3-6,11,14,19-20,22-24,31-32H,7-10,12-13,15-18H2,1-2H3,(H,38,42)(H,43,44)/t20-,22-,23-,24-,31?,32?/m0/s1. The number of methoxy groups -OCH3 is 2. The van der Waals surface area contributed by atoms with E-state index in [-0.39, 0.29) is 53.7 Å². The minimum Gasteiger partial charge on any atom is -0.481 e. The van der Waals surface area contributed by atoms with Crippen molar-refractivity contribution in [3.63, 3.8) is 0 Å². The third kappa shape index (κ3) is 7.51. The SMILES string of the molecule is COC1CN([C@H]2C[C@@H](CO[C@H]3CC[C@H](C(=O)O)CC3)N(C(=O)Cc3cc(Cl)c(NC(=O)c4coc5ccccc45)cc3Cl)C2)CC1OC. The summed E-state index contributed by atoms with van der Waals surface area (Å²) < 4.78 is 23.2. The number of rotatable bonds is 11. The number of anilines is 1. The largest absolute Gasteiger partial charge is 0.481 e. The average molecular weight is 703 g/mol. The van der Waals surface area contributed by atoms with E-state index in [1.165, 1.54) is 6.26 Å². The Labute approximate surface area is 289 Å². The lowest BCUT2D eigenvalue weighted by Gasteiger charge is -2.30. The van der Waals surface area contributed by atoms with Crippen LogP contribution in [0.15, 0.2) is 47.1 Å². The molecule has 0 bridgehead atoms. The van der Waals surface area contributed by atoms with Crippen LogP contribution in [0.2, 0.25) is 10.0 Å². The summed E-state index contributed by atoms with van der Waals surface area (Å²) in [6, 6.07) is 10.4. The van der Waals surface area contributed by atoms with E-state index in [1.54, 1.807) is 38.5 Å². The van der Waals surface area contributed by atoms with Crippen LogP contribution in [-0.2, 0) is 30.2 Å². The van der Waals surface area contributed by atoms with E-state index >= 15 is 0 Å². The molecule has 3 aliphatic rings. The summed E-state index contributed by atoms with van der Waals surface area (Å²) in [5, 5.41) is 13.4. The van der Waals surface area contributed by atoms with E-state index in [1.807, 2.05) is 17.0 Å². The number of amides is 2. The highest BCUT2D eigenvalue weighted by atomic mass is 35.5. The Morgan fingerprint density at radius 2 is 1.69 bits per heavy atom. The van der Waals surface area contributed by atoms with E-state index in [2.05, 4.69) is 10.2 Å². The Balaban J connectivity index is 1.14. The molecule has 3 fully saturated rings. The predicted octanol–water partition coefficient (Wildman–Crippen LogP) is 5.51. The predicted molar refractivity (Wildman–Crippen MR) is 181 cm³/mol. The van der Waals surface area contributed by atoms with Crippen molar-refractivity contribution in [2.24, 2.45) is 5.92 Å². The molecule has 2 unspecified atom stereocenters. The zero-order chi connectivity index (χ0) is 33.9. The van der Waals surface area contributed by atoms with Crippen molar-refractivity contribution >= 4 is 57.6 Å². The summed E-state index contributed by atoms with van der Waals surface area (Å²) in [6.07, 6.45) is 4.58. The number of hydrogen-bond donors (Lipinski definition) is 2. The van der Waals surface area contributed by atoms with E-state index in [0.717, 1.165) is 6.42 Å². The number of nitrogens with zero attached hydrogens (tertiary/aromatic N) is 2. The van der Waals surface area contributed by atoms with Crippen LogP contribution in [0.3, 0.4) is 0 Å². The molecule has 258 valence electrons. The lowest BCUT2D eigenvalue weighted by atomic mass is 9.87. The van der Waals surface area contributed by atoms with Gasteiger partial charge in [-0.1, -0.05) is 41.4 Å². The fourth-order valence-electron chi connectivity index (χ4n) is 7.29. The van der Waals surface area contributed by atoms with Crippen LogP contribution < -0.4 is 5.32 Å². The number of carbonyl (C=O) groups excluding carboxylic acids is 2. The second-order valence-electron chi connectivity index (χ2n) is 12.9. The van der Waals surface area contributed by atoms with Gasteiger partial charge in [-0.05, 0) is 55.9 Å². The van der Waals surface area contributed by atoms with Crippen LogP contribution in [0.25, 0.3) is 11.0 Å². The molecule has 3 heterocycles. The maximum absolute atomic E-state index is 14.0. The molecule has 6 rings (SSSR count). The van der Waals surface area contributed by atoms with Crippen molar-refractivity contribution in [1.29, 1.82) is 0 Å². The number of carboxylic acid groups (broad SMARTS) is 1. The maximum Gasteiger partial charge on any atom is 0.306 e. The lowest BCUT2D eigenvalue weighted by Crippen LogP contribution is -2.41. The maximum atomic E-state index is 14.0.